The Hall–Kier alpha value is -0.330. The van der Waals surface area contributed by atoms with E-state index in [4.69, 9.17) is 0 Å². The lowest BCUT2D eigenvalue weighted by Crippen LogP contribution is -2.40. The zero-order valence-corrected chi connectivity index (χ0v) is 6.94. The number of carbonyl (C=O) groups excluding carboxylic acids is 1. The van der Waals surface area contributed by atoms with E-state index in [0.29, 0.717) is 17.6 Å². The Kier molecular flexibility index (Phi) is 0.547. The van der Waals surface area contributed by atoms with Gasteiger partial charge in [-0.15, -0.1) is 0 Å². The third-order valence-corrected chi connectivity index (χ3v) is 6.03. The van der Waals surface area contributed by atoms with Gasteiger partial charge in [0, 0.05) is 11.8 Å². The van der Waals surface area contributed by atoms with Crippen molar-refractivity contribution in [3.8, 4) is 0 Å². The molecular formula is C11H12O. The van der Waals surface area contributed by atoms with Gasteiger partial charge in [-0.05, 0) is 48.3 Å². The van der Waals surface area contributed by atoms with Gasteiger partial charge in [0.15, 0.2) is 0 Å². The Morgan fingerprint density at radius 3 is 1.83 bits per heavy atom. The van der Waals surface area contributed by atoms with Crippen molar-refractivity contribution in [1.29, 1.82) is 0 Å². The summed E-state index contributed by atoms with van der Waals surface area (Å²) in [4.78, 5) is 11.9. The number of fused-ring (bicyclic) bond motifs is 2. The summed E-state index contributed by atoms with van der Waals surface area (Å²) in [5.74, 6) is 7.54. The van der Waals surface area contributed by atoms with Crippen LogP contribution in [0.2, 0.25) is 0 Å². The molecule has 0 aliphatic heterocycles. The van der Waals surface area contributed by atoms with Crippen molar-refractivity contribution in [1.82, 2.24) is 0 Å². The Labute approximate surface area is 71.5 Å². The monoisotopic (exact) mass is 160 g/mol. The number of carbonyl (C=O) groups is 1. The summed E-state index contributed by atoms with van der Waals surface area (Å²) in [6.07, 6.45) is 2.90. The minimum absolute atomic E-state index is 0.591. The van der Waals surface area contributed by atoms with Crippen molar-refractivity contribution in [3.05, 3.63) is 0 Å². The second-order valence-electron chi connectivity index (χ2n) is 5.74. The first-order chi connectivity index (χ1) is 5.88. The molecular weight excluding hydrogens is 148 g/mol. The fourth-order valence-electron chi connectivity index (χ4n) is 6.07. The molecule has 0 amide bonds. The predicted octanol–water partition coefficient (Wildman–Crippen LogP) is 1.33. The van der Waals surface area contributed by atoms with Crippen LogP contribution in [0.15, 0.2) is 0 Å². The zero-order valence-electron chi connectivity index (χ0n) is 6.94. The summed E-state index contributed by atoms with van der Waals surface area (Å²) in [7, 11) is 0. The quantitative estimate of drug-likeness (QED) is 0.522. The van der Waals surface area contributed by atoms with Crippen LogP contribution in [0.1, 0.15) is 12.8 Å². The van der Waals surface area contributed by atoms with Crippen LogP contribution >= 0.6 is 0 Å². The second kappa shape index (κ2) is 1.21. The van der Waals surface area contributed by atoms with Crippen LogP contribution < -0.4 is 0 Å². The van der Waals surface area contributed by atoms with E-state index in [1.165, 1.54) is 12.8 Å². The smallest absolute Gasteiger partial charge is 0.140 e. The molecule has 0 heterocycles. The molecule has 0 spiro atoms. The van der Waals surface area contributed by atoms with E-state index in [-0.39, 0.29) is 0 Å². The Bertz CT molecular complexity index is 283. The molecule has 62 valence electrons. The lowest BCUT2D eigenvalue weighted by atomic mass is 9.60. The van der Waals surface area contributed by atoms with E-state index < -0.39 is 0 Å². The van der Waals surface area contributed by atoms with E-state index >= 15 is 0 Å². The molecule has 5 aliphatic rings. The van der Waals surface area contributed by atoms with E-state index in [2.05, 4.69) is 0 Å². The third kappa shape index (κ3) is 0.272. The molecule has 5 aliphatic carbocycles. The van der Waals surface area contributed by atoms with Gasteiger partial charge < -0.3 is 0 Å². The lowest BCUT2D eigenvalue weighted by molar-refractivity contribution is -0.122. The van der Waals surface area contributed by atoms with Crippen molar-refractivity contribution >= 4 is 5.78 Å². The van der Waals surface area contributed by atoms with Gasteiger partial charge in [-0.25, -0.2) is 0 Å². The van der Waals surface area contributed by atoms with Gasteiger partial charge in [-0.2, -0.15) is 0 Å². The van der Waals surface area contributed by atoms with E-state index in [0.717, 1.165) is 35.5 Å². The highest BCUT2D eigenvalue weighted by Gasteiger charge is 2.80. The molecule has 1 heteroatoms. The molecule has 0 aromatic heterocycles. The summed E-state index contributed by atoms with van der Waals surface area (Å²) in [6, 6.07) is 0. The molecule has 0 N–H and O–H groups in total. The summed E-state index contributed by atoms with van der Waals surface area (Å²) >= 11 is 0. The minimum Gasteiger partial charge on any atom is -0.299 e. The van der Waals surface area contributed by atoms with Crippen molar-refractivity contribution in [3.63, 3.8) is 0 Å². The predicted molar refractivity (Wildman–Crippen MR) is 42.2 cm³/mol. The topological polar surface area (TPSA) is 17.1 Å². The molecule has 1 nitrogen and oxygen atoms in total. The Morgan fingerprint density at radius 2 is 1.33 bits per heavy atom. The van der Waals surface area contributed by atoms with Crippen LogP contribution in [-0.2, 0) is 4.79 Å². The second-order valence-corrected chi connectivity index (χ2v) is 5.74. The van der Waals surface area contributed by atoms with Crippen LogP contribution in [-0.4, -0.2) is 5.78 Å². The maximum absolute atomic E-state index is 11.9. The Balaban J connectivity index is 1.91. The van der Waals surface area contributed by atoms with Crippen molar-refractivity contribution in [2.75, 3.05) is 0 Å². The van der Waals surface area contributed by atoms with Crippen LogP contribution in [0.25, 0.3) is 0 Å². The standard InChI is InChI=1S/C11H12O/c12-11-9-5-1-3-4-2-6(5)10(11)8(4)7(3)9/h3-10H,1-2H2. The molecule has 8 unspecified atom stereocenters. The highest BCUT2D eigenvalue weighted by Crippen LogP contribution is 2.81. The minimum atomic E-state index is 0.591. The summed E-state index contributed by atoms with van der Waals surface area (Å²) < 4.78 is 0. The van der Waals surface area contributed by atoms with Crippen molar-refractivity contribution < 1.29 is 4.79 Å². The molecule has 8 atom stereocenters. The fraction of sp³-hybridized carbons (Fsp3) is 0.909. The third-order valence-electron chi connectivity index (χ3n) is 6.03. The van der Waals surface area contributed by atoms with Gasteiger partial charge in [0.2, 0.25) is 0 Å². The van der Waals surface area contributed by atoms with Gasteiger partial charge in [-0.3, -0.25) is 4.79 Å². The van der Waals surface area contributed by atoms with E-state index in [1.807, 2.05) is 0 Å². The summed E-state index contributed by atoms with van der Waals surface area (Å²) in [5.41, 5.74) is 0. The molecule has 2 bridgehead atoms. The van der Waals surface area contributed by atoms with Gasteiger partial charge >= 0.3 is 0 Å². The Morgan fingerprint density at radius 1 is 0.833 bits per heavy atom. The van der Waals surface area contributed by atoms with Gasteiger partial charge in [-0.1, -0.05) is 0 Å². The lowest BCUT2D eigenvalue weighted by Gasteiger charge is -2.44. The molecule has 5 fully saturated rings. The molecule has 5 rings (SSSR count). The van der Waals surface area contributed by atoms with Crippen LogP contribution in [0.5, 0.6) is 0 Å². The largest absolute Gasteiger partial charge is 0.299 e. The molecule has 0 radical (unpaired) electrons. The SMILES string of the molecule is O=C1C2C3CC4C5CC3C1C5C42. The summed E-state index contributed by atoms with van der Waals surface area (Å²) in [6.45, 7) is 0. The average molecular weight is 160 g/mol. The highest BCUT2D eigenvalue weighted by atomic mass is 16.1. The number of Topliss-reactive ketones (excluding diaryl/α,β-unsaturated/α-hetero) is 1. The number of hydrogen-bond acceptors (Lipinski definition) is 1. The van der Waals surface area contributed by atoms with Crippen LogP contribution in [0, 0.1) is 47.3 Å². The first kappa shape index (κ1) is 5.41. The maximum atomic E-state index is 11.9. The van der Waals surface area contributed by atoms with E-state index in [1.54, 1.807) is 0 Å². The molecule has 12 heavy (non-hydrogen) atoms. The molecule has 0 saturated heterocycles. The first-order valence-electron chi connectivity index (χ1n) is 5.41. The van der Waals surface area contributed by atoms with Gasteiger partial charge in [0.1, 0.15) is 5.78 Å². The number of rotatable bonds is 0. The van der Waals surface area contributed by atoms with E-state index in [9.17, 15) is 4.79 Å². The van der Waals surface area contributed by atoms with Crippen molar-refractivity contribution in [2.24, 2.45) is 47.3 Å². The summed E-state index contributed by atoms with van der Waals surface area (Å²) in [5, 5.41) is 0. The van der Waals surface area contributed by atoms with Crippen LogP contribution in [0.4, 0.5) is 0 Å². The highest BCUT2D eigenvalue weighted by molar-refractivity contribution is 5.91. The fourth-order valence-corrected chi connectivity index (χ4v) is 6.07. The molecule has 5 saturated carbocycles. The van der Waals surface area contributed by atoms with Gasteiger partial charge in [0.25, 0.3) is 0 Å². The van der Waals surface area contributed by atoms with Crippen molar-refractivity contribution in [2.45, 2.75) is 12.8 Å². The van der Waals surface area contributed by atoms with Crippen LogP contribution in [0.3, 0.4) is 0 Å². The number of hydrogen-bond donors (Lipinski definition) is 0. The maximum Gasteiger partial charge on any atom is 0.140 e. The number of ketones is 1. The zero-order chi connectivity index (χ0) is 7.61. The average Bonchev–Trinajstić information content (AvgIpc) is 2.54. The molecule has 0 aromatic rings. The molecule has 0 aromatic carbocycles. The van der Waals surface area contributed by atoms with Gasteiger partial charge in [0.05, 0.1) is 0 Å². The normalized spacial score (nSPS) is 79.2. The first-order valence-corrected chi connectivity index (χ1v) is 5.41.